The van der Waals surface area contributed by atoms with E-state index in [1.807, 2.05) is 0 Å². The van der Waals surface area contributed by atoms with Crippen LogP contribution in [0.2, 0.25) is 0 Å². The monoisotopic (exact) mass is 171 g/mol. The molecule has 64 valence electrons. The van der Waals surface area contributed by atoms with Crippen molar-refractivity contribution in [2.24, 2.45) is 5.41 Å². The highest BCUT2D eigenvalue weighted by Crippen LogP contribution is 2.39. The Morgan fingerprint density at radius 2 is 2.18 bits per heavy atom. The molecular weight excluding hydrogens is 154 g/mol. The second kappa shape index (κ2) is 2.98. The van der Waals surface area contributed by atoms with Gasteiger partial charge in [0.2, 0.25) is 0 Å². The molecule has 2 heteroatoms. The van der Waals surface area contributed by atoms with Gasteiger partial charge in [0, 0.05) is 24.1 Å². The topological polar surface area (TPSA) is 12.0 Å². The molecule has 2 rings (SSSR count). The summed E-state index contributed by atoms with van der Waals surface area (Å²) in [6.07, 6.45) is 4.34. The quantitative estimate of drug-likeness (QED) is 0.696. The first-order valence-electron chi connectivity index (χ1n) is 4.60. The van der Waals surface area contributed by atoms with Crippen LogP contribution in [-0.2, 0) is 0 Å². The molecule has 2 aliphatic rings. The first kappa shape index (κ1) is 7.93. The zero-order chi connectivity index (χ0) is 7.73. The van der Waals surface area contributed by atoms with Gasteiger partial charge in [-0.3, -0.25) is 0 Å². The summed E-state index contributed by atoms with van der Waals surface area (Å²) in [6.45, 7) is 3.67. The van der Waals surface area contributed by atoms with Crippen molar-refractivity contribution >= 4 is 11.8 Å². The molecule has 0 radical (unpaired) electrons. The Labute approximate surface area is 73.3 Å². The summed E-state index contributed by atoms with van der Waals surface area (Å²) in [5, 5.41) is 3.64. The Kier molecular flexibility index (Phi) is 2.15. The molecule has 1 saturated heterocycles. The zero-order valence-corrected chi connectivity index (χ0v) is 8.04. The first-order valence-corrected chi connectivity index (χ1v) is 5.75. The second-order valence-corrected chi connectivity index (χ2v) is 5.35. The van der Waals surface area contributed by atoms with Gasteiger partial charge in [-0.1, -0.05) is 13.3 Å². The smallest absolute Gasteiger partial charge is 0.0249 e. The van der Waals surface area contributed by atoms with Crippen molar-refractivity contribution < 1.29 is 0 Å². The molecule has 0 aromatic carbocycles. The summed E-state index contributed by atoms with van der Waals surface area (Å²) in [5.74, 6) is 2.69. The van der Waals surface area contributed by atoms with Crippen molar-refractivity contribution in [3.8, 4) is 0 Å². The van der Waals surface area contributed by atoms with Crippen LogP contribution < -0.4 is 5.32 Å². The fraction of sp³-hybridized carbons (Fsp3) is 1.00. The van der Waals surface area contributed by atoms with Gasteiger partial charge >= 0.3 is 0 Å². The van der Waals surface area contributed by atoms with Crippen LogP contribution in [0.3, 0.4) is 0 Å². The van der Waals surface area contributed by atoms with Crippen molar-refractivity contribution in [3.63, 3.8) is 0 Å². The molecule has 0 amide bonds. The molecule has 0 aromatic rings. The SMILES string of the molecule is CC1(CNC2CSC2)CCC1. The Balaban J connectivity index is 1.64. The van der Waals surface area contributed by atoms with Crippen LogP contribution in [0, 0.1) is 5.41 Å². The number of thioether (sulfide) groups is 1. The lowest BCUT2D eigenvalue weighted by molar-refractivity contribution is 0.153. The van der Waals surface area contributed by atoms with Crippen LogP contribution in [0.4, 0.5) is 0 Å². The normalized spacial score (nSPS) is 29.2. The molecule has 0 atom stereocenters. The van der Waals surface area contributed by atoms with Crippen molar-refractivity contribution in [1.82, 2.24) is 5.32 Å². The number of hydrogen-bond acceptors (Lipinski definition) is 2. The number of hydrogen-bond donors (Lipinski definition) is 1. The molecule has 1 aliphatic carbocycles. The molecule has 1 saturated carbocycles. The lowest BCUT2D eigenvalue weighted by Gasteiger charge is -2.40. The van der Waals surface area contributed by atoms with Crippen LogP contribution in [0.15, 0.2) is 0 Å². The molecule has 1 N–H and O–H groups in total. The summed E-state index contributed by atoms with van der Waals surface area (Å²) in [4.78, 5) is 0. The molecule has 0 bridgehead atoms. The predicted octanol–water partition coefficient (Wildman–Crippen LogP) is 1.88. The third-order valence-electron chi connectivity index (χ3n) is 3.02. The van der Waals surface area contributed by atoms with Gasteiger partial charge in [0.1, 0.15) is 0 Å². The zero-order valence-electron chi connectivity index (χ0n) is 7.23. The maximum absolute atomic E-state index is 3.64. The highest BCUT2D eigenvalue weighted by Gasteiger charge is 2.32. The minimum absolute atomic E-state index is 0.667. The first-order chi connectivity index (χ1) is 5.29. The summed E-state index contributed by atoms with van der Waals surface area (Å²) in [5.41, 5.74) is 0.667. The van der Waals surface area contributed by atoms with E-state index < -0.39 is 0 Å². The fourth-order valence-electron chi connectivity index (χ4n) is 1.70. The molecule has 1 nitrogen and oxygen atoms in total. The lowest BCUT2D eigenvalue weighted by Crippen LogP contribution is -2.47. The molecular formula is C9H17NS. The van der Waals surface area contributed by atoms with E-state index in [0.717, 1.165) is 6.04 Å². The number of nitrogens with one attached hydrogen (secondary N) is 1. The largest absolute Gasteiger partial charge is 0.312 e. The van der Waals surface area contributed by atoms with Gasteiger partial charge < -0.3 is 5.32 Å². The molecule has 0 aromatic heterocycles. The van der Waals surface area contributed by atoms with Gasteiger partial charge in [0.05, 0.1) is 0 Å². The number of rotatable bonds is 3. The van der Waals surface area contributed by atoms with E-state index in [1.54, 1.807) is 0 Å². The molecule has 0 spiro atoms. The second-order valence-electron chi connectivity index (χ2n) is 4.28. The summed E-state index contributed by atoms with van der Waals surface area (Å²) in [6, 6.07) is 0.845. The van der Waals surface area contributed by atoms with Gasteiger partial charge in [-0.2, -0.15) is 11.8 Å². The van der Waals surface area contributed by atoms with Gasteiger partial charge in [-0.15, -0.1) is 0 Å². The average molecular weight is 171 g/mol. The van der Waals surface area contributed by atoms with E-state index in [4.69, 9.17) is 0 Å². The molecule has 2 fully saturated rings. The Morgan fingerprint density at radius 1 is 1.45 bits per heavy atom. The molecule has 11 heavy (non-hydrogen) atoms. The van der Waals surface area contributed by atoms with E-state index >= 15 is 0 Å². The highest BCUT2D eigenvalue weighted by molar-refractivity contribution is 8.00. The summed E-state index contributed by atoms with van der Waals surface area (Å²) < 4.78 is 0. The van der Waals surface area contributed by atoms with E-state index in [9.17, 15) is 0 Å². The maximum Gasteiger partial charge on any atom is 0.0249 e. The van der Waals surface area contributed by atoms with E-state index in [0.29, 0.717) is 5.41 Å². The van der Waals surface area contributed by atoms with Crippen LogP contribution in [0.25, 0.3) is 0 Å². The predicted molar refractivity (Wildman–Crippen MR) is 51.1 cm³/mol. The van der Waals surface area contributed by atoms with Crippen LogP contribution >= 0.6 is 11.8 Å². The van der Waals surface area contributed by atoms with Gasteiger partial charge in [0.15, 0.2) is 0 Å². The van der Waals surface area contributed by atoms with E-state index in [2.05, 4.69) is 24.0 Å². The lowest BCUT2D eigenvalue weighted by atomic mass is 9.70. The van der Waals surface area contributed by atoms with Gasteiger partial charge in [-0.05, 0) is 18.3 Å². The Hall–Kier alpha value is 0.310. The third-order valence-corrected chi connectivity index (χ3v) is 4.29. The molecule has 1 heterocycles. The Morgan fingerprint density at radius 3 is 2.55 bits per heavy atom. The maximum atomic E-state index is 3.64. The summed E-state index contributed by atoms with van der Waals surface area (Å²) in [7, 11) is 0. The van der Waals surface area contributed by atoms with Crippen LogP contribution in [-0.4, -0.2) is 24.1 Å². The van der Waals surface area contributed by atoms with E-state index in [-0.39, 0.29) is 0 Å². The average Bonchev–Trinajstić information content (AvgIpc) is 1.81. The van der Waals surface area contributed by atoms with Crippen molar-refractivity contribution in [2.75, 3.05) is 18.1 Å². The van der Waals surface area contributed by atoms with Gasteiger partial charge in [-0.25, -0.2) is 0 Å². The van der Waals surface area contributed by atoms with Crippen molar-refractivity contribution in [3.05, 3.63) is 0 Å². The molecule has 1 aliphatic heterocycles. The van der Waals surface area contributed by atoms with E-state index in [1.165, 1.54) is 37.3 Å². The standard InChI is InChI=1S/C9H17NS/c1-9(3-2-4-9)7-10-8-5-11-6-8/h8,10H,2-7H2,1H3. The minimum Gasteiger partial charge on any atom is -0.312 e. The van der Waals surface area contributed by atoms with Crippen LogP contribution in [0.5, 0.6) is 0 Å². The minimum atomic E-state index is 0.667. The van der Waals surface area contributed by atoms with Gasteiger partial charge in [0.25, 0.3) is 0 Å². The van der Waals surface area contributed by atoms with Crippen LogP contribution in [0.1, 0.15) is 26.2 Å². The highest BCUT2D eigenvalue weighted by atomic mass is 32.2. The third kappa shape index (κ3) is 1.73. The summed E-state index contributed by atoms with van der Waals surface area (Å²) >= 11 is 2.06. The fourth-order valence-corrected chi connectivity index (χ4v) is 2.41. The Bertz CT molecular complexity index is 138. The molecule has 0 unspecified atom stereocenters. The van der Waals surface area contributed by atoms with Crippen molar-refractivity contribution in [2.45, 2.75) is 32.2 Å². The van der Waals surface area contributed by atoms with Crippen molar-refractivity contribution in [1.29, 1.82) is 0 Å².